The van der Waals surface area contributed by atoms with E-state index in [0.717, 1.165) is 11.3 Å². The predicted octanol–water partition coefficient (Wildman–Crippen LogP) is 1.28. The number of sulfonamides is 1. The number of ether oxygens (including phenoxy) is 1. The Kier molecular flexibility index (Phi) is 5.41. The van der Waals surface area contributed by atoms with E-state index in [-0.39, 0.29) is 22.9 Å². The van der Waals surface area contributed by atoms with Gasteiger partial charge in [-0.05, 0) is 43.5 Å². The molecule has 3 rings (SSSR count). The van der Waals surface area contributed by atoms with Crippen LogP contribution in [0, 0.1) is 6.92 Å². The number of hydrogen-bond acceptors (Lipinski definition) is 6. The fourth-order valence-electron chi connectivity index (χ4n) is 2.97. The van der Waals surface area contributed by atoms with Crippen LogP contribution in [0.1, 0.15) is 31.0 Å². The molecule has 1 aliphatic rings. The Labute approximate surface area is 163 Å². The van der Waals surface area contributed by atoms with E-state index < -0.39 is 22.0 Å². The lowest BCUT2D eigenvalue weighted by Gasteiger charge is -2.25. The molecule has 150 valence electrons. The second-order valence-corrected chi connectivity index (χ2v) is 8.29. The lowest BCUT2D eigenvalue weighted by molar-refractivity contribution is -0.123. The molecule has 1 aliphatic heterocycles. The number of amides is 2. The monoisotopic (exact) mass is 406 g/mol. The molecule has 0 fully saturated rings. The molecule has 0 unspecified atom stereocenters. The molecule has 28 heavy (non-hydrogen) atoms. The van der Waals surface area contributed by atoms with E-state index in [1.807, 2.05) is 13.8 Å². The van der Waals surface area contributed by atoms with Crippen molar-refractivity contribution in [1.82, 2.24) is 14.5 Å². The van der Waals surface area contributed by atoms with Gasteiger partial charge in [-0.2, -0.15) is 5.10 Å². The minimum absolute atomic E-state index is 0.00866. The van der Waals surface area contributed by atoms with Gasteiger partial charge in [0, 0.05) is 19.7 Å². The Bertz CT molecular complexity index is 1030. The summed E-state index contributed by atoms with van der Waals surface area (Å²) in [6, 6.07) is 4.08. The van der Waals surface area contributed by atoms with Crippen molar-refractivity contribution in [3.05, 3.63) is 35.7 Å². The Morgan fingerprint density at radius 1 is 1.39 bits per heavy atom. The first kappa shape index (κ1) is 19.9. The number of aryl methyl sites for hydroxylation is 3. The number of nitrogens with one attached hydrogen (secondary N) is 2. The highest BCUT2D eigenvalue weighted by Crippen LogP contribution is 2.32. The molecule has 1 aromatic carbocycles. The van der Waals surface area contributed by atoms with E-state index in [1.165, 1.54) is 18.2 Å². The van der Waals surface area contributed by atoms with Gasteiger partial charge < -0.3 is 10.1 Å². The maximum absolute atomic E-state index is 12.5. The summed E-state index contributed by atoms with van der Waals surface area (Å²) >= 11 is 0. The third-order valence-corrected chi connectivity index (χ3v) is 5.81. The number of rotatable bonds is 6. The van der Waals surface area contributed by atoms with Gasteiger partial charge in [0.2, 0.25) is 5.91 Å². The SMILES string of the molecule is CC[C@H]1Oc2ccc(S(=O)(=O)NC(=O)CCc3cn(C)nc3C)cc2NC1=O. The number of carbonyl (C=O) groups is 2. The van der Waals surface area contributed by atoms with Gasteiger partial charge in [-0.1, -0.05) is 6.92 Å². The highest BCUT2D eigenvalue weighted by molar-refractivity contribution is 7.90. The summed E-state index contributed by atoms with van der Waals surface area (Å²) < 4.78 is 34.3. The fraction of sp³-hybridized carbons (Fsp3) is 0.389. The summed E-state index contributed by atoms with van der Waals surface area (Å²) in [5.41, 5.74) is 1.94. The smallest absolute Gasteiger partial charge is 0.265 e. The average Bonchev–Trinajstić information content (AvgIpc) is 2.95. The molecule has 2 N–H and O–H groups in total. The zero-order chi connectivity index (χ0) is 20.5. The van der Waals surface area contributed by atoms with Crippen molar-refractivity contribution in [2.45, 2.75) is 44.1 Å². The minimum atomic E-state index is -4.07. The Morgan fingerprint density at radius 3 is 2.79 bits per heavy atom. The number of nitrogens with zero attached hydrogens (tertiary/aromatic N) is 2. The van der Waals surface area contributed by atoms with Crippen LogP contribution in [0.5, 0.6) is 5.75 Å². The van der Waals surface area contributed by atoms with Crippen molar-refractivity contribution >= 4 is 27.5 Å². The van der Waals surface area contributed by atoms with Gasteiger partial charge in [0.25, 0.3) is 15.9 Å². The lowest BCUT2D eigenvalue weighted by Crippen LogP contribution is -2.36. The molecule has 0 aliphatic carbocycles. The number of aromatic nitrogens is 2. The van der Waals surface area contributed by atoms with Gasteiger partial charge in [0.1, 0.15) is 5.75 Å². The Morgan fingerprint density at radius 2 is 2.14 bits per heavy atom. The van der Waals surface area contributed by atoms with Gasteiger partial charge in [0.15, 0.2) is 6.10 Å². The molecule has 0 bridgehead atoms. The number of carbonyl (C=O) groups excluding carboxylic acids is 2. The van der Waals surface area contributed by atoms with E-state index in [1.54, 1.807) is 17.9 Å². The maximum Gasteiger partial charge on any atom is 0.265 e. The van der Waals surface area contributed by atoms with Crippen LogP contribution in [-0.4, -0.2) is 36.1 Å². The molecule has 2 aromatic rings. The molecule has 2 heterocycles. The molecule has 1 atom stereocenters. The summed E-state index contributed by atoms with van der Waals surface area (Å²) in [6.45, 7) is 3.65. The molecular weight excluding hydrogens is 384 g/mol. The molecular formula is C18H22N4O5S. The summed E-state index contributed by atoms with van der Waals surface area (Å²) in [7, 11) is -2.29. The van der Waals surface area contributed by atoms with E-state index in [2.05, 4.69) is 15.1 Å². The molecule has 9 nitrogen and oxygen atoms in total. The van der Waals surface area contributed by atoms with Crippen molar-refractivity contribution in [3.63, 3.8) is 0 Å². The highest BCUT2D eigenvalue weighted by Gasteiger charge is 2.28. The van der Waals surface area contributed by atoms with Crippen molar-refractivity contribution in [2.24, 2.45) is 7.05 Å². The van der Waals surface area contributed by atoms with Gasteiger partial charge in [0.05, 0.1) is 16.3 Å². The van der Waals surface area contributed by atoms with Crippen molar-refractivity contribution in [3.8, 4) is 5.75 Å². The van der Waals surface area contributed by atoms with Crippen molar-refractivity contribution < 1.29 is 22.7 Å². The third-order valence-electron chi connectivity index (χ3n) is 4.44. The van der Waals surface area contributed by atoms with Gasteiger partial charge in [-0.15, -0.1) is 0 Å². The quantitative estimate of drug-likeness (QED) is 0.746. The first-order valence-corrected chi connectivity index (χ1v) is 10.3. The van der Waals surface area contributed by atoms with Crippen LogP contribution < -0.4 is 14.8 Å². The second kappa shape index (κ2) is 7.63. The fourth-order valence-corrected chi connectivity index (χ4v) is 4.01. The number of anilines is 1. The van der Waals surface area contributed by atoms with Crippen LogP contribution in [0.4, 0.5) is 5.69 Å². The average molecular weight is 406 g/mol. The van der Waals surface area contributed by atoms with Crippen LogP contribution in [0.3, 0.4) is 0 Å². The van der Waals surface area contributed by atoms with Crippen LogP contribution in [-0.2, 0) is 33.1 Å². The number of hydrogen-bond donors (Lipinski definition) is 2. The first-order valence-electron chi connectivity index (χ1n) is 8.86. The van der Waals surface area contributed by atoms with E-state index in [4.69, 9.17) is 4.74 Å². The largest absolute Gasteiger partial charge is 0.478 e. The van der Waals surface area contributed by atoms with E-state index >= 15 is 0 Å². The van der Waals surface area contributed by atoms with E-state index in [0.29, 0.717) is 18.6 Å². The van der Waals surface area contributed by atoms with Crippen LogP contribution >= 0.6 is 0 Å². The predicted molar refractivity (Wildman–Crippen MR) is 101 cm³/mol. The second-order valence-electron chi connectivity index (χ2n) is 6.60. The zero-order valence-electron chi connectivity index (χ0n) is 15.9. The Hall–Kier alpha value is -2.88. The zero-order valence-corrected chi connectivity index (χ0v) is 16.7. The topological polar surface area (TPSA) is 119 Å². The van der Waals surface area contributed by atoms with Crippen molar-refractivity contribution in [1.29, 1.82) is 0 Å². The van der Waals surface area contributed by atoms with Crippen LogP contribution in [0.25, 0.3) is 0 Å². The lowest BCUT2D eigenvalue weighted by atomic mass is 10.1. The molecule has 2 amide bonds. The Balaban J connectivity index is 1.69. The summed E-state index contributed by atoms with van der Waals surface area (Å²) in [6.07, 6.45) is 2.08. The molecule has 0 radical (unpaired) electrons. The molecule has 10 heteroatoms. The van der Waals surface area contributed by atoms with Crippen LogP contribution in [0.2, 0.25) is 0 Å². The third kappa shape index (κ3) is 4.16. The standard InChI is InChI=1S/C18H22N4O5S/c1-4-15-18(24)19-14-9-13(6-7-16(14)27-15)28(25,26)21-17(23)8-5-12-10-22(3)20-11(12)2/h6-7,9-10,15H,4-5,8H2,1-3H3,(H,19,24)(H,21,23)/t15-/m1/s1. The number of benzene rings is 1. The molecule has 1 aromatic heterocycles. The first-order chi connectivity index (χ1) is 13.2. The summed E-state index contributed by atoms with van der Waals surface area (Å²) in [4.78, 5) is 23.9. The molecule has 0 saturated heterocycles. The summed E-state index contributed by atoms with van der Waals surface area (Å²) in [5, 5.41) is 6.82. The van der Waals surface area contributed by atoms with E-state index in [9.17, 15) is 18.0 Å². The highest BCUT2D eigenvalue weighted by atomic mass is 32.2. The molecule has 0 saturated carbocycles. The minimum Gasteiger partial charge on any atom is -0.478 e. The normalized spacial score (nSPS) is 16.1. The van der Waals surface area contributed by atoms with Gasteiger partial charge in [-0.3, -0.25) is 14.3 Å². The summed E-state index contributed by atoms with van der Waals surface area (Å²) in [5.74, 6) is -0.559. The molecule has 0 spiro atoms. The van der Waals surface area contributed by atoms with Gasteiger partial charge >= 0.3 is 0 Å². The maximum atomic E-state index is 12.5. The number of fused-ring (bicyclic) bond motifs is 1. The van der Waals surface area contributed by atoms with Gasteiger partial charge in [-0.25, -0.2) is 13.1 Å². The van der Waals surface area contributed by atoms with Crippen LogP contribution in [0.15, 0.2) is 29.3 Å². The van der Waals surface area contributed by atoms with Crippen molar-refractivity contribution in [2.75, 3.05) is 5.32 Å².